The second-order valence-corrected chi connectivity index (χ2v) is 49.4. The van der Waals surface area contributed by atoms with Gasteiger partial charge in [-0.3, -0.25) is 0 Å². The van der Waals surface area contributed by atoms with Crippen LogP contribution in [0.2, 0.25) is 13.3 Å². The first kappa shape index (κ1) is 62.3. The van der Waals surface area contributed by atoms with Gasteiger partial charge in [-0.1, -0.05) is 122 Å². The van der Waals surface area contributed by atoms with Crippen LogP contribution in [-0.2, 0) is 10.8 Å². The van der Waals surface area contributed by atoms with E-state index < -0.39 is 18.4 Å². The third-order valence-corrected chi connectivity index (χ3v) is 48.7. The van der Waals surface area contributed by atoms with Crippen molar-refractivity contribution in [2.45, 2.75) is 162 Å². The van der Waals surface area contributed by atoms with E-state index in [-0.39, 0.29) is 10.8 Å². The summed E-state index contributed by atoms with van der Waals surface area (Å²) in [5.41, 5.74) is 14.9. The SMILES string of the molecule is CCCC1(CCC)c2cc(-c3cc4sc5ccsc5c4s3)ccc2-c2ccc(-c3cc4sc5ccsc5c4s3)cc21.CCCC1(CCC)c2cc(Br)ccc2-c2ccc(Br)cc21.CCC[CH2][Sn]([CH2]CCC)([CH2]CCC)[c]1cc2sc3ccsc3c2s1. The number of thiophene rings is 9. The van der Waals surface area contributed by atoms with E-state index in [1.165, 1.54) is 195 Å². The van der Waals surface area contributed by atoms with Crippen LogP contribution < -0.4 is 2.89 Å². The van der Waals surface area contributed by atoms with Crippen LogP contribution in [0.5, 0.6) is 0 Å². The molecule has 9 heterocycles. The van der Waals surface area contributed by atoms with E-state index in [9.17, 15) is 0 Å². The zero-order chi connectivity index (χ0) is 59.3. The van der Waals surface area contributed by atoms with Crippen LogP contribution in [0.15, 0.2) is 134 Å². The van der Waals surface area contributed by atoms with Gasteiger partial charge >= 0.3 is 164 Å². The molecule has 12 heteroatoms. The molecule has 0 aliphatic heterocycles. The average molecular weight is 1530 g/mol. The van der Waals surface area contributed by atoms with E-state index in [4.69, 9.17) is 0 Å². The molecular formula is C74H76Br2S9Sn. The van der Waals surface area contributed by atoms with Gasteiger partial charge < -0.3 is 0 Å². The molecular weight excluding hydrogens is 1460 g/mol. The van der Waals surface area contributed by atoms with Crippen LogP contribution in [-0.4, -0.2) is 18.4 Å². The van der Waals surface area contributed by atoms with Crippen LogP contribution in [0.3, 0.4) is 0 Å². The van der Waals surface area contributed by atoms with Crippen molar-refractivity contribution >= 4 is 212 Å². The summed E-state index contributed by atoms with van der Waals surface area (Å²) in [6.07, 6.45) is 18.1. The molecule has 0 unspecified atom stereocenters. The number of halogens is 2. The second-order valence-electron chi connectivity index (χ2n) is 24.2. The Morgan fingerprint density at radius 1 is 0.337 bits per heavy atom. The van der Waals surface area contributed by atoms with Gasteiger partial charge in [0.05, 0.1) is 18.8 Å². The first-order valence-electron chi connectivity index (χ1n) is 31.6. The molecule has 0 saturated carbocycles. The fourth-order valence-corrected chi connectivity index (χ4v) is 46.3. The Morgan fingerprint density at radius 2 is 0.686 bits per heavy atom. The van der Waals surface area contributed by atoms with E-state index in [1.54, 1.807) is 38.5 Å². The predicted octanol–water partition coefficient (Wildman–Crippen LogP) is 29.2. The molecule has 4 aromatic carbocycles. The van der Waals surface area contributed by atoms with Gasteiger partial charge in [0.1, 0.15) is 0 Å². The van der Waals surface area contributed by atoms with Crippen molar-refractivity contribution in [3.05, 3.63) is 157 Å². The Labute approximate surface area is 566 Å². The third-order valence-electron chi connectivity index (χ3n) is 18.7. The zero-order valence-corrected chi connectivity index (χ0v) is 63.9. The van der Waals surface area contributed by atoms with Crippen LogP contribution >= 0.6 is 134 Å². The second kappa shape index (κ2) is 26.6. The van der Waals surface area contributed by atoms with Crippen molar-refractivity contribution in [2.24, 2.45) is 0 Å². The van der Waals surface area contributed by atoms with Gasteiger partial charge in [-0.15, -0.1) is 68.0 Å². The topological polar surface area (TPSA) is 0 Å². The van der Waals surface area contributed by atoms with Crippen molar-refractivity contribution in [1.29, 1.82) is 0 Å². The monoisotopic (exact) mass is 1530 g/mol. The molecule has 0 fully saturated rings. The first-order chi connectivity index (χ1) is 42.0. The zero-order valence-electron chi connectivity index (χ0n) is 50.6. The summed E-state index contributed by atoms with van der Waals surface area (Å²) in [6, 6.07) is 42.7. The molecule has 9 aromatic heterocycles. The number of hydrogen-bond donors (Lipinski definition) is 0. The molecule has 0 saturated heterocycles. The standard InChI is InChI=1S/C35H26S6.C19H20Br2.C8H3S3.3C4H9.Sn/c1-3-11-35(12-4-2)23-15-19(27-17-29-33(40-27)31-25(38-29)9-13-36-31)5-7-21(23)22-8-6-20(16-24(22)35)28-18-30-34(41-28)32-26(39-30)10-14-37-32;1-3-9-19(10-4-2)17-11-13(20)5-7-15(17)16-8-6-14(21)12-18(16)19;1-3-9-7-5(1)11-6-2-4-10-8(6)7;3*1-3-4-2;/h5-10,13-18H,3-4,11-12H2,1-2H3;5-8,11-12H,3-4,9-10H2,1-2H3;1-3H;3*1,3-4H2,2H3;. The van der Waals surface area contributed by atoms with E-state index in [0.29, 0.717) is 0 Å². The normalized spacial score (nSPS) is 13.9. The predicted molar refractivity (Wildman–Crippen MR) is 408 cm³/mol. The fourth-order valence-electron chi connectivity index (χ4n) is 14.9. The number of hydrogen-bond acceptors (Lipinski definition) is 9. The van der Waals surface area contributed by atoms with Crippen molar-refractivity contribution in [1.82, 2.24) is 0 Å². The Kier molecular flexibility index (Phi) is 19.3. The fraction of sp³-hybridized carbons (Fsp3) is 0.351. The van der Waals surface area contributed by atoms with Gasteiger partial charge in [-0.25, -0.2) is 0 Å². The number of unbranched alkanes of at least 4 members (excludes halogenated alkanes) is 3. The third kappa shape index (κ3) is 11.3. The minimum absolute atomic E-state index is 0.0749. The van der Waals surface area contributed by atoms with Gasteiger partial charge in [-0.2, -0.15) is 0 Å². The number of fused-ring (bicyclic) bond motifs is 15. The summed E-state index contributed by atoms with van der Waals surface area (Å²) in [7, 11) is 0. The van der Waals surface area contributed by atoms with Gasteiger partial charge in [0, 0.05) is 48.3 Å². The summed E-state index contributed by atoms with van der Waals surface area (Å²) < 4.78 is 26.9. The minimum atomic E-state index is -2.22. The molecule has 0 radical (unpaired) electrons. The van der Waals surface area contributed by atoms with Gasteiger partial charge in [-0.05, 0) is 153 Å². The Hall–Kier alpha value is -2.50. The van der Waals surface area contributed by atoms with Gasteiger partial charge in [0.25, 0.3) is 0 Å². The molecule has 0 atom stereocenters. The van der Waals surface area contributed by atoms with Crippen molar-refractivity contribution in [2.75, 3.05) is 0 Å². The molecule has 2 aliphatic carbocycles. The van der Waals surface area contributed by atoms with E-state index in [2.05, 4.69) is 217 Å². The van der Waals surface area contributed by atoms with Crippen molar-refractivity contribution in [3.63, 3.8) is 0 Å². The molecule has 0 nitrogen and oxygen atoms in total. The Balaban J connectivity index is 0.000000130. The maximum absolute atomic E-state index is 3.67. The first-order valence-corrected chi connectivity index (χ1v) is 48.2. The van der Waals surface area contributed by atoms with E-state index in [1.807, 2.05) is 93.6 Å². The van der Waals surface area contributed by atoms with E-state index in [0.717, 1.165) is 0 Å². The summed E-state index contributed by atoms with van der Waals surface area (Å²) in [5.74, 6) is 0. The molecule has 0 spiro atoms. The quantitative estimate of drug-likeness (QED) is 0.0667. The maximum atomic E-state index is 3.67. The molecule has 86 heavy (non-hydrogen) atoms. The van der Waals surface area contributed by atoms with Crippen molar-refractivity contribution < 1.29 is 0 Å². The van der Waals surface area contributed by atoms with Crippen molar-refractivity contribution in [3.8, 4) is 43.1 Å². The summed E-state index contributed by atoms with van der Waals surface area (Å²) in [6.45, 7) is 16.4. The van der Waals surface area contributed by atoms with Gasteiger partial charge in [0.15, 0.2) is 0 Å². The number of rotatable bonds is 20. The molecule has 0 N–H and O–H groups in total. The average Bonchev–Trinajstić information content (AvgIpc) is 1.87. The molecule has 0 bridgehead atoms. The van der Waals surface area contributed by atoms with Crippen LogP contribution in [0, 0.1) is 0 Å². The van der Waals surface area contributed by atoms with Gasteiger partial charge in [0.2, 0.25) is 0 Å². The Morgan fingerprint density at radius 3 is 1.06 bits per heavy atom. The van der Waals surface area contributed by atoms with Crippen LogP contribution in [0.1, 0.15) is 161 Å². The Bertz CT molecular complexity index is 4270. The molecule has 13 aromatic rings. The van der Waals surface area contributed by atoms with Crippen LogP contribution in [0.4, 0.5) is 0 Å². The number of benzene rings is 4. The van der Waals surface area contributed by atoms with E-state index >= 15 is 0 Å². The molecule has 2 aliphatic rings. The molecule has 15 rings (SSSR count). The molecule has 0 amide bonds. The summed E-state index contributed by atoms with van der Waals surface area (Å²) >= 11 is 22.9. The molecule has 444 valence electrons. The van der Waals surface area contributed by atoms with Crippen LogP contribution in [0.25, 0.3) is 99.5 Å². The summed E-state index contributed by atoms with van der Waals surface area (Å²) in [5, 5.41) is 6.72. The summed E-state index contributed by atoms with van der Waals surface area (Å²) in [4.78, 5) is 2.81.